The van der Waals surface area contributed by atoms with Gasteiger partial charge in [-0.25, -0.2) is 0 Å². The van der Waals surface area contributed by atoms with E-state index in [0.717, 1.165) is 11.3 Å². The number of aromatic nitrogens is 6. The van der Waals surface area contributed by atoms with Crippen molar-refractivity contribution in [2.75, 3.05) is 0 Å². The largest absolute Gasteiger partial charge is 0.338 e. The second-order valence-electron chi connectivity index (χ2n) is 5.43. The number of tetrazole rings is 1. The fourth-order valence-corrected chi connectivity index (χ4v) is 3.27. The topological polar surface area (TPSA) is 82.5 Å². The van der Waals surface area contributed by atoms with E-state index < -0.39 is 0 Å². The first-order valence-electron chi connectivity index (χ1n) is 7.81. The monoisotopic (exact) mass is 384 g/mol. The first-order chi connectivity index (χ1) is 12.7. The number of rotatable bonds is 5. The summed E-state index contributed by atoms with van der Waals surface area (Å²) in [5.41, 5.74) is 1.73. The van der Waals surface area contributed by atoms with Crippen LogP contribution in [0.25, 0.3) is 17.1 Å². The molecule has 2 aromatic carbocycles. The molecule has 0 aliphatic carbocycles. The van der Waals surface area contributed by atoms with E-state index in [9.17, 15) is 0 Å². The van der Waals surface area contributed by atoms with E-state index in [4.69, 9.17) is 16.1 Å². The fourth-order valence-electron chi connectivity index (χ4n) is 2.31. The molecule has 0 radical (unpaired) electrons. The first-order valence-corrected chi connectivity index (χ1v) is 9.06. The molecule has 0 saturated carbocycles. The molecule has 0 fully saturated rings. The maximum atomic E-state index is 5.94. The van der Waals surface area contributed by atoms with Crippen LogP contribution in [0.15, 0.2) is 64.3 Å². The Hall–Kier alpha value is -2.71. The van der Waals surface area contributed by atoms with E-state index in [1.807, 2.05) is 49.4 Å². The highest BCUT2D eigenvalue weighted by molar-refractivity contribution is 7.99. The predicted molar refractivity (Wildman–Crippen MR) is 98.2 cm³/mol. The second-order valence-corrected chi connectivity index (χ2v) is 7.18. The normalized spacial score (nSPS) is 12.2. The number of benzene rings is 2. The highest BCUT2D eigenvalue weighted by atomic mass is 35.5. The van der Waals surface area contributed by atoms with Gasteiger partial charge in [0.2, 0.25) is 16.9 Å². The quantitative estimate of drug-likeness (QED) is 0.476. The van der Waals surface area contributed by atoms with Gasteiger partial charge in [0, 0.05) is 10.6 Å². The summed E-state index contributed by atoms with van der Waals surface area (Å²) < 4.78 is 7.06. The molecule has 0 aliphatic rings. The average Bonchev–Trinajstić information content (AvgIpc) is 3.33. The molecule has 0 aliphatic heterocycles. The molecular weight excluding hydrogens is 372 g/mol. The van der Waals surface area contributed by atoms with Crippen LogP contribution in [0, 0.1) is 0 Å². The molecule has 9 heteroatoms. The van der Waals surface area contributed by atoms with Crippen LogP contribution in [-0.2, 0) is 0 Å². The van der Waals surface area contributed by atoms with Crippen molar-refractivity contribution in [3.8, 4) is 17.1 Å². The summed E-state index contributed by atoms with van der Waals surface area (Å²) in [7, 11) is 0. The molecule has 4 rings (SSSR count). The van der Waals surface area contributed by atoms with Crippen LogP contribution < -0.4 is 0 Å². The zero-order valence-corrected chi connectivity index (χ0v) is 15.2. The van der Waals surface area contributed by atoms with Gasteiger partial charge in [-0.3, -0.25) is 0 Å². The number of nitrogens with zero attached hydrogens (tertiary/aromatic N) is 6. The van der Waals surface area contributed by atoms with E-state index in [-0.39, 0.29) is 5.25 Å². The lowest BCUT2D eigenvalue weighted by molar-refractivity contribution is 0.380. The van der Waals surface area contributed by atoms with Gasteiger partial charge in [-0.1, -0.05) is 58.9 Å². The van der Waals surface area contributed by atoms with E-state index in [1.165, 1.54) is 11.8 Å². The Balaban J connectivity index is 1.54. The van der Waals surface area contributed by atoms with Gasteiger partial charge < -0.3 is 4.52 Å². The Morgan fingerprint density at radius 3 is 2.62 bits per heavy atom. The van der Waals surface area contributed by atoms with Crippen molar-refractivity contribution >= 4 is 23.4 Å². The standard InChI is InChI=1S/C17H13ClN6OS/c1-11(16-19-15(21-25-16)12-5-3-2-4-6-12)26-17-20-22-23-24(17)14-9-7-13(18)8-10-14/h2-11H,1H3. The van der Waals surface area contributed by atoms with Gasteiger partial charge >= 0.3 is 0 Å². The van der Waals surface area contributed by atoms with Crippen molar-refractivity contribution in [1.82, 2.24) is 30.3 Å². The summed E-state index contributed by atoms with van der Waals surface area (Å²) in [6, 6.07) is 17.0. The Kier molecular flexibility index (Phi) is 4.68. The molecule has 26 heavy (non-hydrogen) atoms. The third-order valence-corrected chi connectivity index (χ3v) is 4.89. The van der Waals surface area contributed by atoms with Gasteiger partial charge in [0.1, 0.15) is 0 Å². The lowest BCUT2D eigenvalue weighted by Crippen LogP contribution is -2.00. The highest BCUT2D eigenvalue weighted by Crippen LogP contribution is 2.34. The molecule has 1 atom stereocenters. The van der Waals surface area contributed by atoms with Crippen molar-refractivity contribution in [3.63, 3.8) is 0 Å². The van der Waals surface area contributed by atoms with Crippen LogP contribution in [-0.4, -0.2) is 30.3 Å². The van der Waals surface area contributed by atoms with Gasteiger partial charge in [0.25, 0.3) is 0 Å². The van der Waals surface area contributed by atoms with Crippen molar-refractivity contribution in [1.29, 1.82) is 0 Å². The number of halogens is 1. The summed E-state index contributed by atoms with van der Waals surface area (Å²) >= 11 is 7.37. The zero-order valence-electron chi connectivity index (χ0n) is 13.7. The second kappa shape index (κ2) is 7.27. The average molecular weight is 385 g/mol. The summed E-state index contributed by atoms with van der Waals surface area (Å²) in [6.07, 6.45) is 0. The van der Waals surface area contributed by atoms with Crippen LogP contribution >= 0.6 is 23.4 Å². The minimum Gasteiger partial charge on any atom is -0.338 e. The molecule has 2 aromatic heterocycles. The highest BCUT2D eigenvalue weighted by Gasteiger charge is 2.20. The molecule has 1 unspecified atom stereocenters. The Morgan fingerprint density at radius 2 is 1.85 bits per heavy atom. The fraction of sp³-hybridized carbons (Fsp3) is 0.118. The number of hydrogen-bond donors (Lipinski definition) is 0. The summed E-state index contributed by atoms with van der Waals surface area (Å²) in [6.45, 7) is 1.97. The molecule has 0 saturated heterocycles. The molecule has 7 nitrogen and oxygen atoms in total. The van der Waals surface area contributed by atoms with Gasteiger partial charge in [0.15, 0.2) is 0 Å². The molecule has 2 heterocycles. The van der Waals surface area contributed by atoms with E-state index >= 15 is 0 Å². The van der Waals surface area contributed by atoms with Crippen molar-refractivity contribution in [2.45, 2.75) is 17.3 Å². The van der Waals surface area contributed by atoms with Crippen LogP contribution in [0.5, 0.6) is 0 Å². The molecule has 0 N–H and O–H groups in total. The van der Waals surface area contributed by atoms with Crippen LogP contribution in [0.4, 0.5) is 0 Å². The van der Waals surface area contributed by atoms with E-state index in [0.29, 0.717) is 21.9 Å². The van der Waals surface area contributed by atoms with Crippen LogP contribution in [0.1, 0.15) is 18.1 Å². The first kappa shape index (κ1) is 16.7. The molecule has 130 valence electrons. The number of thioether (sulfide) groups is 1. The third-order valence-electron chi connectivity index (χ3n) is 3.62. The SMILES string of the molecule is CC(Sc1nnnn1-c1ccc(Cl)cc1)c1nc(-c2ccccc2)no1. The number of hydrogen-bond acceptors (Lipinski definition) is 7. The van der Waals surface area contributed by atoms with Crippen LogP contribution in [0.3, 0.4) is 0 Å². The molecular formula is C17H13ClN6OS. The van der Waals surface area contributed by atoms with Gasteiger partial charge in [0.05, 0.1) is 10.9 Å². The Morgan fingerprint density at radius 1 is 1.08 bits per heavy atom. The smallest absolute Gasteiger partial charge is 0.240 e. The maximum absolute atomic E-state index is 5.94. The molecule has 4 aromatic rings. The van der Waals surface area contributed by atoms with Crippen molar-refractivity contribution in [2.24, 2.45) is 0 Å². The minimum absolute atomic E-state index is 0.114. The third kappa shape index (κ3) is 3.47. The zero-order chi connectivity index (χ0) is 17.9. The van der Waals surface area contributed by atoms with E-state index in [2.05, 4.69) is 25.7 Å². The van der Waals surface area contributed by atoms with E-state index in [1.54, 1.807) is 16.8 Å². The molecule has 0 bridgehead atoms. The van der Waals surface area contributed by atoms with Gasteiger partial charge in [-0.2, -0.15) is 9.67 Å². The predicted octanol–water partition coefficient (Wildman–Crippen LogP) is 4.22. The Labute approximate surface area is 158 Å². The van der Waals surface area contributed by atoms with Gasteiger partial charge in [-0.15, -0.1) is 5.10 Å². The maximum Gasteiger partial charge on any atom is 0.240 e. The summed E-state index contributed by atoms with van der Waals surface area (Å²) in [5.74, 6) is 1.07. The van der Waals surface area contributed by atoms with Crippen molar-refractivity contribution in [3.05, 3.63) is 65.5 Å². The van der Waals surface area contributed by atoms with Crippen LogP contribution in [0.2, 0.25) is 5.02 Å². The Bertz CT molecular complexity index is 1000. The van der Waals surface area contributed by atoms with Gasteiger partial charge in [-0.05, 0) is 41.6 Å². The summed E-state index contributed by atoms with van der Waals surface area (Å²) in [5, 5.41) is 17.1. The molecule has 0 amide bonds. The summed E-state index contributed by atoms with van der Waals surface area (Å²) in [4.78, 5) is 4.48. The molecule has 0 spiro atoms. The lowest BCUT2D eigenvalue weighted by atomic mass is 10.2. The van der Waals surface area contributed by atoms with Crippen molar-refractivity contribution < 1.29 is 4.52 Å². The lowest BCUT2D eigenvalue weighted by Gasteiger charge is -2.07. The minimum atomic E-state index is -0.114.